The number of guanidine groups is 1. The van der Waals surface area contributed by atoms with Gasteiger partial charge >= 0.3 is 0 Å². The number of benzene rings is 2. The molecule has 0 atom stereocenters. The molecule has 0 heterocycles. The second-order valence-electron chi connectivity index (χ2n) is 6.38. The van der Waals surface area contributed by atoms with Crippen LogP contribution >= 0.6 is 24.0 Å². The highest BCUT2D eigenvalue weighted by atomic mass is 127. The van der Waals surface area contributed by atoms with Crippen molar-refractivity contribution in [1.29, 1.82) is 0 Å². The quantitative estimate of drug-likeness (QED) is 0.366. The molecule has 0 radical (unpaired) electrons. The molecule has 3 rings (SSSR count). The molecule has 27 heavy (non-hydrogen) atoms. The zero-order chi connectivity index (χ0) is 18.6. The first-order valence-corrected chi connectivity index (χ1v) is 8.56. The lowest BCUT2D eigenvalue weighted by Gasteiger charge is -2.20. The summed E-state index contributed by atoms with van der Waals surface area (Å²) in [6.45, 7) is 0.626. The largest absolute Gasteiger partial charge is 0.493 e. The Morgan fingerprint density at radius 2 is 1.81 bits per heavy atom. The summed E-state index contributed by atoms with van der Waals surface area (Å²) >= 11 is 0. The molecular weight excluding hydrogens is 460 g/mol. The van der Waals surface area contributed by atoms with Crippen LogP contribution in [0.15, 0.2) is 47.5 Å². The van der Waals surface area contributed by atoms with Gasteiger partial charge in [-0.1, -0.05) is 18.2 Å². The van der Waals surface area contributed by atoms with Crippen molar-refractivity contribution < 1.29 is 13.9 Å². The van der Waals surface area contributed by atoms with Crippen LogP contribution in [0.25, 0.3) is 0 Å². The molecule has 5 nitrogen and oxygen atoms in total. The minimum atomic E-state index is -0.152. The Balaban J connectivity index is 0.00000261. The van der Waals surface area contributed by atoms with E-state index in [1.165, 1.54) is 6.07 Å². The van der Waals surface area contributed by atoms with Gasteiger partial charge in [-0.2, -0.15) is 0 Å². The fraction of sp³-hybridized carbons (Fsp3) is 0.350. The predicted molar refractivity (Wildman–Crippen MR) is 117 cm³/mol. The molecule has 1 aliphatic carbocycles. The van der Waals surface area contributed by atoms with E-state index < -0.39 is 0 Å². The minimum absolute atomic E-state index is 0. The van der Waals surface area contributed by atoms with E-state index in [1.54, 1.807) is 27.3 Å². The second-order valence-corrected chi connectivity index (χ2v) is 6.38. The van der Waals surface area contributed by atoms with Gasteiger partial charge in [0.15, 0.2) is 17.5 Å². The van der Waals surface area contributed by atoms with Crippen LogP contribution in [0.3, 0.4) is 0 Å². The van der Waals surface area contributed by atoms with Crippen LogP contribution < -0.4 is 20.1 Å². The molecule has 0 bridgehead atoms. The Morgan fingerprint density at radius 1 is 1.11 bits per heavy atom. The van der Waals surface area contributed by atoms with Crippen molar-refractivity contribution in [2.75, 3.05) is 33.1 Å². The van der Waals surface area contributed by atoms with E-state index in [4.69, 9.17) is 9.47 Å². The lowest BCUT2D eigenvalue weighted by atomic mass is 9.95. The molecule has 0 unspecified atom stereocenters. The van der Waals surface area contributed by atoms with E-state index in [0.29, 0.717) is 24.0 Å². The van der Waals surface area contributed by atoms with Crippen LogP contribution in [0.4, 0.5) is 10.1 Å². The number of nitrogens with zero attached hydrogens (tertiary/aromatic N) is 1. The summed E-state index contributed by atoms with van der Waals surface area (Å²) in [7, 11) is 4.90. The van der Waals surface area contributed by atoms with Gasteiger partial charge in [-0.3, -0.25) is 4.99 Å². The lowest BCUT2D eigenvalue weighted by Crippen LogP contribution is -2.37. The highest BCUT2D eigenvalue weighted by Crippen LogP contribution is 2.48. The van der Waals surface area contributed by atoms with Crippen molar-refractivity contribution in [3.05, 3.63) is 53.8 Å². The third-order valence-electron chi connectivity index (χ3n) is 4.76. The van der Waals surface area contributed by atoms with Crippen molar-refractivity contribution in [1.82, 2.24) is 5.32 Å². The van der Waals surface area contributed by atoms with Crippen LogP contribution in [0, 0.1) is 5.82 Å². The van der Waals surface area contributed by atoms with Crippen molar-refractivity contribution >= 4 is 35.6 Å². The van der Waals surface area contributed by atoms with Crippen LogP contribution in [-0.2, 0) is 5.41 Å². The third kappa shape index (κ3) is 4.82. The van der Waals surface area contributed by atoms with Crippen LogP contribution in [0.2, 0.25) is 0 Å². The van der Waals surface area contributed by atoms with Gasteiger partial charge in [0.05, 0.1) is 14.2 Å². The summed E-state index contributed by atoms with van der Waals surface area (Å²) in [4.78, 5) is 4.26. The maximum atomic E-state index is 14.1. The number of anilines is 1. The smallest absolute Gasteiger partial charge is 0.195 e. The fourth-order valence-corrected chi connectivity index (χ4v) is 3.07. The first-order chi connectivity index (χ1) is 12.6. The summed E-state index contributed by atoms with van der Waals surface area (Å²) in [6, 6.07) is 12.6. The zero-order valence-corrected chi connectivity index (χ0v) is 18.0. The Kier molecular flexibility index (Phi) is 7.29. The molecular formula is C20H25FIN3O2. The number of halogens is 2. The van der Waals surface area contributed by atoms with E-state index in [0.717, 1.165) is 24.1 Å². The summed E-state index contributed by atoms with van der Waals surface area (Å²) in [5.74, 6) is 1.78. The summed E-state index contributed by atoms with van der Waals surface area (Å²) in [5, 5.41) is 6.54. The Morgan fingerprint density at radius 3 is 2.41 bits per heavy atom. The van der Waals surface area contributed by atoms with E-state index in [2.05, 4.69) is 15.6 Å². The van der Waals surface area contributed by atoms with Crippen molar-refractivity contribution in [3.8, 4) is 11.5 Å². The molecule has 0 spiro atoms. The molecule has 2 N–H and O–H groups in total. The molecule has 2 aromatic rings. The van der Waals surface area contributed by atoms with Crippen molar-refractivity contribution in [3.63, 3.8) is 0 Å². The third-order valence-corrected chi connectivity index (χ3v) is 4.76. The molecule has 1 fully saturated rings. The number of hydrogen-bond donors (Lipinski definition) is 2. The van der Waals surface area contributed by atoms with Crippen molar-refractivity contribution in [2.45, 2.75) is 18.3 Å². The molecule has 1 aliphatic rings. The van der Waals surface area contributed by atoms with Gasteiger partial charge in [0, 0.05) is 30.8 Å². The first-order valence-electron chi connectivity index (χ1n) is 8.56. The minimum Gasteiger partial charge on any atom is -0.493 e. The highest BCUT2D eigenvalue weighted by Gasteiger charge is 2.45. The van der Waals surface area contributed by atoms with E-state index >= 15 is 0 Å². The summed E-state index contributed by atoms with van der Waals surface area (Å²) in [6.07, 6.45) is 1.93. The molecule has 146 valence electrons. The summed E-state index contributed by atoms with van der Waals surface area (Å²) in [5.41, 5.74) is 1.45. The van der Waals surface area contributed by atoms with Gasteiger partial charge in [-0.15, -0.1) is 24.0 Å². The standard InChI is InChI=1S/C20H24FN3O2.HI/c1-22-19(24-14-8-9-17(25-2)18(12-14)26-3)23-13-20(10-11-20)15-6-4-5-7-16(15)21;/h4-9,12H,10-11,13H2,1-3H3,(H2,22,23,24);1H. The van der Waals surface area contributed by atoms with Gasteiger partial charge < -0.3 is 20.1 Å². The average Bonchev–Trinajstić information content (AvgIpc) is 3.46. The molecule has 0 aliphatic heterocycles. The van der Waals surface area contributed by atoms with Crippen LogP contribution in [0.5, 0.6) is 11.5 Å². The van der Waals surface area contributed by atoms with Gasteiger partial charge in [-0.05, 0) is 36.6 Å². The molecule has 2 aromatic carbocycles. The van der Waals surface area contributed by atoms with E-state index in [9.17, 15) is 4.39 Å². The van der Waals surface area contributed by atoms with Gasteiger partial charge in [0.25, 0.3) is 0 Å². The van der Waals surface area contributed by atoms with Gasteiger partial charge in [0.2, 0.25) is 0 Å². The fourth-order valence-electron chi connectivity index (χ4n) is 3.07. The molecule has 0 aromatic heterocycles. The van der Waals surface area contributed by atoms with Gasteiger partial charge in [-0.25, -0.2) is 4.39 Å². The Bertz CT molecular complexity index is 810. The number of ether oxygens (including phenoxy) is 2. The molecule has 0 amide bonds. The predicted octanol–water partition coefficient (Wildman–Crippen LogP) is 4.18. The SMILES string of the molecule is CN=C(NCC1(c2ccccc2F)CC1)Nc1ccc(OC)c(OC)c1.I. The number of rotatable bonds is 6. The molecule has 0 saturated heterocycles. The second kappa shape index (κ2) is 9.25. The maximum absolute atomic E-state index is 14.1. The zero-order valence-electron chi connectivity index (χ0n) is 15.7. The Hall–Kier alpha value is -2.03. The normalized spacial score (nSPS) is 14.7. The lowest BCUT2D eigenvalue weighted by molar-refractivity contribution is 0.355. The van der Waals surface area contributed by atoms with Crippen molar-refractivity contribution in [2.24, 2.45) is 4.99 Å². The maximum Gasteiger partial charge on any atom is 0.195 e. The Labute approximate surface area is 176 Å². The van der Waals surface area contributed by atoms with Crippen LogP contribution in [0.1, 0.15) is 18.4 Å². The monoisotopic (exact) mass is 485 g/mol. The average molecular weight is 485 g/mol. The highest BCUT2D eigenvalue weighted by molar-refractivity contribution is 14.0. The number of aliphatic imine (C=N–C) groups is 1. The number of methoxy groups -OCH3 is 2. The number of hydrogen-bond acceptors (Lipinski definition) is 3. The number of nitrogens with one attached hydrogen (secondary N) is 2. The van der Waals surface area contributed by atoms with E-state index in [1.807, 2.05) is 30.3 Å². The molecule has 7 heteroatoms. The molecule has 1 saturated carbocycles. The first kappa shape index (κ1) is 21.3. The summed E-state index contributed by atoms with van der Waals surface area (Å²) < 4.78 is 24.7. The van der Waals surface area contributed by atoms with E-state index in [-0.39, 0.29) is 35.2 Å². The van der Waals surface area contributed by atoms with Crippen LogP contribution in [-0.4, -0.2) is 33.8 Å². The topological polar surface area (TPSA) is 54.9 Å². The van der Waals surface area contributed by atoms with Gasteiger partial charge in [0.1, 0.15) is 5.82 Å².